The van der Waals surface area contributed by atoms with E-state index >= 15 is 0 Å². The Hall–Kier alpha value is -3.08. The number of halogens is 2. The zero-order valence-corrected chi connectivity index (χ0v) is 26.0. The van der Waals surface area contributed by atoms with Crippen LogP contribution in [0.25, 0.3) is 0 Å². The molecule has 3 aromatic rings. The van der Waals surface area contributed by atoms with E-state index in [1.165, 1.54) is 30.2 Å². The van der Waals surface area contributed by atoms with Crippen LogP contribution in [0.15, 0.2) is 77.3 Å². The van der Waals surface area contributed by atoms with E-state index in [-0.39, 0.29) is 35.6 Å². The van der Waals surface area contributed by atoms with Crippen molar-refractivity contribution in [3.05, 3.63) is 93.4 Å². The number of nitrogens with one attached hydrogen (secondary N) is 1. The number of benzene rings is 3. The van der Waals surface area contributed by atoms with Gasteiger partial charge in [0.25, 0.3) is 0 Å². The summed E-state index contributed by atoms with van der Waals surface area (Å²) < 4.78 is 32.8. The SMILES string of the molecule is COc1ccc(N(CC(=O)N(Cc2cccc(Br)c2)[C@@H](Cc2ccccc2)C(=O)NC(C)C)S(C)(=O)=O)cc1Cl. The second-order valence-electron chi connectivity index (χ2n) is 9.61. The van der Waals surface area contributed by atoms with Crippen LogP contribution in [0, 0.1) is 0 Å². The van der Waals surface area contributed by atoms with Gasteiger partial charge in [0.1, 0.15) is 18.3 Å². The van der Waals surface area contributed by atoms with Crippen molar-refractivity contribution in [1.82, 2.24) is 10.2 Å². The summed E-state index contributed by atoms with van der Waals surface area (Å²) in [6, 6.07) is 20.2. The number of hydrogen-bond donors (Lipinski definition) is 1. The van der Waals surface area contributed by atoms with Crippen molar-refractivity contribution in [2.75, 3.05) is 24.2 Å². The van der Waals surface area contributed by atoms with Crippen molar-refractivity contribution in [3.8, 4) is 5.75 Å². The first-order valence-corrected chi connectivity index (χ1v) is 15.6. The Bertz CT molecular complexity index is 1440. The summed E-state index contributed by atoms with van der Waals surface area (Å²) in [5, 5.41) is 3.13. The third-order valence-corrected chi connectivity index (χ3v) is 7.98. The number of amides is 2. The Morgan fingerprint density at radius 1 is 1.00 bits per heavy atom. The summed E-state index contributed by atoms with van der Waals surface area (Å²) in [6.45, 7) is 3.24. The molecular formula is C29H33BrClN3O5S. The number of carbonyl (C=O) groups excluding carboxylic acids is 2. The fourth-order valence-electron chi connectivity index (χ4n) is 4.19. The van der Waals surface area contributed by atoms with E-state index in [0.717, 1.165) is 26.2 Å². The highest BCUT2D eigenvalue weighted by Crippen LogP contribution is 2.30. The van der Waals surface area contributed by atoms with Crippen LogP contribution in [-0.4, -0.2) is 57.1 Å². The summed E-state index contributed by atoms with van der Waals surface area (Å²) in [4.78, 5) is 29.1. The molecule has 0 bridgehead atoms. The molecule has 214 valence electrons. The van der Waals surface area contributed by atoms with Crippen LogP contribution < -0.4 is 14.4 Å². The molecular weight excluding hydrogens is 618 g/mol. The Morgan fingerprint density at radius 3 is 2.25 bits per heavy atom. The van der Waals surface area contributed by atoms with Crippen LogP contribution in [-0.2, 0) is 32.6 Å². The monoisotopic (exact) mass is 649 g/mol. The van der Waals surface area contributed by atoms with Gasteiger partial charge in [-0.25, -0.2) is 8.42 Å². The maximum atomic E-state index is 14.1. The quantitative estimate of drug-likeness (QED) is 0.296. The van der Waals surface area contributed by atoms with Crippen molar-refractivity contribution in [2.24, 2.45) is 0 Å². The fraction of sp³-hybridized carbons (Fsp3) is 0.310. The van der Waals surface area contributed by atoms with Crippen LogP contribution in [0.4, 0.5) is 5.69 Å². The third kappa shape index (κ3) is 8.71. The molecule has 0 fully saturated rings. The van der Waals surface area contributed by atoms with E-state index < -0.39 is 28.5 Å². The second kappa shape index (κ2) is 14.0. The van der Waals surface area contributed by atoms with Crippen LogP contribution in [0.3, 0.4) is 0 Å². The molecule has 0 radical (unpaired) electrons. The van der Waals surface area contributed by atoms with Gasteiger partial charge in [0.05, 0.1) is 24.1 Å². The Balaban J connectivity index is 2.07. The van der Waals surface area contributed by atoms with Gasteiger partial charge < -0.3 is 15.0 Å². The Labute approximate surface area is 249 Å². The fourth-order valence-corrected chi connectivity index (χ4v) is 5.73. The lowest BCUT2D eigenvalue weighted by atomic mass is 10.0. The maximum Gasteiger partial charge on any atom is 0.244 e. The maximum absolute atomic E-state index is 14.1. The molecule has 0 aliphatic carbocycles. The molecule has 0 saturated carbocycles. The third-order valence-electron chi connectivity index (χ3n) is 6.05. The lowest BCUT2D eigenvalue weighted by Gasteiger charge is -2.34. The highest BCUT2D eigenvalue weighted by atomic mass is 79.9. The molecule has 0 unspecified atom stereocenters. The van der Waals surface area contributed by atoms with Gasteiger partial charge in [-0.1, -0.05) is 70.0 Å². The summed E-state index contributed by atoms with van der Waals surface area (Å²) >= 11 is 9.74. The first-order chi connectivity index (χ1) is 18.9. The molecule has 1 atom stereocenters. The molecule has 2 amide bonds. The van der Waals surface area contributed by atoms with Gasteiger partial charge in [-0.15, -0.1) is 0 Å². The molecule has 0 aliphatic heterocycles. The minimum atomic E-state index is -3.91. The average molecular weight is 651 g/mol. The number of ether oxygens (including phenoxy) is 1. The van der Waals surface area contributed by atoms with E-state index in [1.807, 2.05) is 68.4 Å². The van der Waals surface area contributed by atoms with E-state index in [9.17, 15) is 18.0 Å². The van der Waals surface area contributed by atoms with Crippen molar-refractivity contribution >= 4 is 55.1 Å². The lowest BCUT2D eigenvalue weighted by molar-refractivity contribution is -0.140. The lowest BCUT2D eigenvalue weighted by Crippen LogP contribution is -2.54. The van der Waals surface area contributed by atoms with Crippen molar-refractivity contribution in [1.29, 1.82) is 0 Å². The van der Waals surface area contributed by atoms with Gasteiger partial charge in [0.2, 0.25) is 21.8 Å². The van der Waals surface area contributed by atoms with Gasteiger partial charge in [-0.3, -0.25) is 13.9 Å². The molecule has 0 saturated heterocycles. The van der Waals surface area contributed by atoms with Gasteiger partial charge in [0.15, 0.2) is 0 Å². The number of methoxy groups -OCH3 is 1. The molecule has 3 rings (SSSR count). The number of hydrogen-bond acceptors (Lipinski definition) is 5. The van der Waals surface area contributed by atoms with E-state index in [4.69, 9.17) is 16.3 Å². The first-order valence-electron chi connectivity index (χ1n) is 12.6. The van der Waals surface area contributed by atoms with E-state index in [1.54, 1.807) is 0 Å². The summed E-state index contributed by atoms with van der Waals surface area (Å²) in [5.74, 6) is -0.507. The van der Waals surface area contributed by atoms with Crippen LogP contribution >= 0.6 is 27.5 Å². The molecule has 0 spiro atoms. The Kier molecular flexibility index (Phi) is 11.0. The topological polar surface area (TPSA) is 96.0 Å². The summed E-state index contributed by atoms with van der Waals surface area (Å²) in [5.41, 5.74) is 1.84. The van der Waals surface area contributed by atoms with Gasteiger partial charge in [0, 0.05) is 23.5 Å². The van der Waals surface area contributed by atoms with Gasteiger partial charge in [-0.2, -0.15) is 0 Å². The first kappa shape index (κ1) is 31.4. The van der Waals surface area contributed by atoms with Crippen molar-refractivity contribution < 1.29 is 22.7 Å². The van der Waals surface area contributed by atoms with Crippen LogP contribution in [0.1, 0.15) is 25.0 Å². The summed E-state index contributed by atoms with van der Waals surface area (Å²) in [7, 11) is -2.46. The minimum Gasteiger partial charge on any atom is -0.495 e. The van der Waals surface area contributed by atoms with E-state index in [2.05, 4.69) is 21.2 Å². The number of carbonyl (C=O) groups is 2. The number of nitrogens with zero attached hydrogens (tertiary/aromatic N) is 2. The molecule has 3 aromatic carbocycles. The predicted octanol–water partition coefficient (Wildman–Crippen LogP) is 5.04. The van der Waals surface area contributed by atoms with Crippen LogP contribution in [0.2, 0.25) is 5.02 Å². The van der Waals surface area contributed by atoms with Crippen molar-refractivity contribution in [2.45, 2.75) is 38.9 Å². The highest BCUT2D eigenvalue weighted by Gasteiger charge is 2.33. The number of sulfonamides is 1. The molecule has 40 heavy (non-hydrogen) atoms. The average Bonchev–Trinajstić information content (AvgIpc) is 2.88. The predicted molar refractivity (Wildman–Crippen MR) is 162 cm³/mol. The molecule has 8 nitrogen and oxygen atoms in total. The zero-order valence-electron chi connectivity index (χ0n) is 22.8. The molecule has 11 heteroatoms. The number of anilines is 1. The van der Waals surface area contributed by atoms with E-state index in [0.29, 0.717) is 5.75 Å². The van der Waals surface area contributed by atoms with Crippen molar-refractivity contribution in [3.63, 3.8) is 0 Å². The van der Waals surface area contributed by atoms with Crippen LogP contribution in [0.5, 0.6) is 5.75 Å². The van der Waals surface area contributed by atoms with Gasteiger partial charge >= 0.3 is 0 Å². The largest absolute Gasteiger partial charge is 0.495 e. The van der Waals surface area contributed by atoms with Gasteiger partial charge in [-0.05, 0) is 55.3 Å². The highest BCUT2D eigenvalue weighted by molar-refractivity contribution is 9.10. The smallest absolute Gasteiger partial charge is 0.244 e. The summed E-state index contributed by atoms with van der Waals surface area (Å²) in [6.07, 6.45) is 1.26. The number of rotatable bonds is 12. The second-order valence-corrected chi connectivity index (χ2v) is 12.8. The molecule has 0 aromatic heterocycles. The minimum absolute atomic E-state index is 0.0856. The molecule has 0 heterocycles. The molecule has 0 aliphatic rings. The Morgan fingerprint density at radius 2 is 1.68 bits per heavy atom. The normalized spacial score (nSPS) is 12.1. The molecule has 1 N–H and O–H groups in total. The zero-order chi connectivity index (χ0) is 29.4. The standard InChI is InChI=1S/C29H33BrClN3O5S/c1-20(2)32-29(36)26(16-21-9-6-5-7-10-21)33(18-22-11-8-12-23(30)15-22)28(35)19-34(40(4,37)38)24-13-14-27(39-3)25(31)17-24/h5-15,17,20,26H,16,18-19H2,1-4H3,(H,32,36)/t26-/m0/s1.